The van der Waals surface area contributed by atoms with Gasteiger partial charge in [-0.15, -0.1) is 0 Å². The van der Waals surface area contributed by atoms with Gasteiger partial charge in [0.05, 0.1) is 6.04 Å². The first kappa shape index (κ1) is 17.0. The quantitative estimate of drug-likeness (QED) is 0.878. The molecule has 5 nitrogen and oxygen atoms in total. The zero-order valence-electron chi connectivity index (χ0n) is 13.7. The SMILES string of the molecule is O=C(NCCc1ccccc1)N[C@H]1CC(=O)N(c2ccc(F)cc2)C1. The molecule has 1 fully saturated rings. The fourth-order valence-electron chi connectivity index (χ4n) is 2.88. The van der Waals surface area contributed by atoms with Crippen LogP contribution in [0.3, 0.4) is 0 Å². The number of nitrogens with zero attached hydrogens (tertiary/aromatic N) is 1. The van der Waals surface area contributed by atoms with Gasteiger partial charge in [-0.25, -0.2) is 9.18 Å². The van der Waals surface area contributed by atoms with Crippen LogP contribution in [0, 0.1) is 5.82 Å². The number of halogens is 1. The van der Waals surface area contributed by atoms with E-state index in [-0.39, 0.29) is 30.2 Å². The molecule has 130 valence electrons. The van der Waals surface area contributed by atoms with Crippen LogP contribution in [0.2, 0.25) is 0 Å². The van der Waals surface area contributed by atoms with Crippen LogP contribution in [-0.2, 0) is 11.2 Å². The first-order chi connectivity index (χ1) is 12.1. The van der Waals surface area contributed by atoms with Crippen LogP contribution in [0.4, 0.5) is 14.9 Å². The highest BCUT2D eigenvalue weighted by Gasteiger charge is 2.31. The molecule has 6 heteroatoms. The Labute approximate surface area is 145 Å². The number of nitrogens with one attached hydrogen (secondary N) is 2. The number of hydrogen-bond acceptors (Lipinski definition) is 2. The maximum absolute atomic E-state index is 13.0. The molecule has 1 atom stereocenters. The molecule has 1 aliphatic rings. The summed E-state index contributed by atoms with van der Waals surface area (Å²) in [6.07, 6.45) is 0.989. The summed E-state index contributed by atoms with van der Waals surface area (Å²) >= 11 is 0. The number of urea groups is 1. The molecule has 3 rings (SSSR count). The minimum absolute atomic E-state index is 0.0822. The third-order valence-electron chi connectivity index (χ3n) is 4.14. The summed E-state index contributed by atoms with van der Waals surface area (Å²) < 4.78 is 13.0. The molecule has 0 bridgehead atoms. The van der Waals surface area contributed by atoms with Crippen molar-refractivity contribution in [3.8, 4) is 0 Å². The number of rotatable bonds is 5. The molecule has 0 aromatic heterocycles. The maximum atomic E-state index is 13.0. The zero-order chi connectivity index (χ0) is 17.6. The van der Waals surface area contributed by atoms with Gasteiger partial charge in [-0.05, 0) is 36.2 Å². The maximum Gasteiger partial charge on any atom is 0.315 e. The fourth-order valence-corrected chi connectivity index (χ4v) is 2.88. The summed E-state index contributed by atoms with van der Waals surface area (Å²) in [4.78, 5) is 25.7. The van der Waals surface area contributed by atoms with Gasteiger partial charge in [-0.1, -0.05) is 30.3 Å². The Hall–Kier alpha value is -2.89. The van der Waals surface area contributed by atoms with Crippen molar-refractivity contribution >= 4 is 17.6 Å². The van der Waals surface area contributed by atoms with E-state index in [1.807, 2.05) is 30.3 Å². The molecule has 1 aliphatic heterocycles. The van der Waals surface area contributed by atoms with Crippen LogP contribution < -0.4 is 15.5 Å². The van der Waals surface area contributed by atoms with Gasteiger partial charge < -0.3 is 15.5 Å². The van der Waals surface area contributed by atoms with Gasteiger partial charge in [0.1, 0.15) is 5.82 Å². The van der Waals surface area contributed by atoms with Crippen molar-refractivity contribution in [1.82, 2.24) is 10.6 Å². The molecule has 1 saturated heterocycles. The summed E-state index contributed by atoms with van der Waals surface area (Å²) in [5.74, 6) is -0.427. The van der Waals surface area contributed by atoms with Gasteiger partial charge in [0.25, 0.3) is 0 Å². The van der Waals surface area contributed by atoms with Gasteiger partial charge in [-0.2, -0.15) is 0 Å². The number of anilines is 1. The van der Waals surface area contributed by atoms with Crippen LogP contribution >= 0.6 is 0 Å². The lowest BCUT2D eigenvalue weighted by Crippen LogP contribution is -2.43. The molecule has 2 aromatic carbocycles. The van der Waals surface area contributed by atoms with E-state index in [4.69, 9.17) is 0 Å². The molecule has 0 saturated carbocycles. The predicted molar refractivity (Wildman–Crippen MR) is 93.8 cm³/mol. The lowest BCUT2D eigenvalue weighted by atomic mass is 10.1. The lowest BCUT2D eigenvalue weighted by molar-refractivity contribution is -0.117. The van der Waals surface area contributed by atoms with Crippen molar-refractivity contribution in [2.45, 2.75) is 18.9 Å². The molecule has 25 heavy (non-hydrogen) atoms. The first-order valence-corrected chi connectivity index (χ1v) is 8.26. The summed E-state index contributed by atoms with van der Waals surface area (Å²) in [6.45, 7) is 0.911. The standard InChI is InChI=1S/C19H20FN3O2/c20-15-6-8-17(9-7-15)23-13-16(12-18(23)24)22-19(25)21-11-10-14-4-2-1-3-5-14/h1-9,16H,10-13H2,(H2,21,22,25)/t16-/m0/s1. The molecule has 1 heterocycles. The van der Waals surface area contributed by atoms with Crippen molar-refractivity contribution in [3.05, 3.63) is 66.0 Å². The molecule has 3 amide bonds. The Morgan fingerprint density at radius 2 is 1.84 bits per heavy atom. The number of benzene rings is 2. The summed E-state index contributed by atoms with van der Waals surface area (Å²) in [5.41, 5.74) is 1.79. The molecule has 0 unspecified atom stereocenters. The van der Waals surface area contributed by atoms with Crippen LogP contribution in [-0.4, -0.2) is 31.1 Å². The molecular weight excluding hydrogens is 321 g/mol. The highest BCUT2D eigenvalue weighted by atomic mass is 19.1. The van der Waals surface area contributed by atoms with Crippen molar-refractivity contribution < 1.29 is 14.0 Å². The second kappa shape index (κ2) is 7.79. The largest absolute Gasteiger partial charge is 0.338 e. The number of hydrogen-bond donors (Lipinski definition) is 2. The van der Waals surface area contributed by atoms with E-state index in [0.29, 0.717) is 18.8 Å². The molecule has 0 radical (unpaired) electrons. The minimum atomic E-state index is -0.345. The Morgan fingerprint density at radius 3 is 2.56 bits per heavy atom. The average Bonchev–Trinajstić information content (AvgIpc) is 2.96. The van der Waals surface area contributed by atoms with E-state index in [1.165, 1.54) is 12.1 Å². The van der Waals surface area contributed by atoms with Gasteiger partial charge in [-0.3, -0.25) is 4.79 Å². The van der Waals surface area contributed by atoms with E-state index >= 15 is 0 Å². The Morgan fingerprint density at radius 1 is 1.12 bits per heavy atom. The van der Waals surface area contributed by atoms with Crippen LogP contribution in [0.1, 0.15) is 12.0 Å². The summed E-state index contributed by atoms with van der Waals surface area (Å²) in [6, 6.07) is 15.1. The number of carbonyl (C=O) groups is 2. The third-order valence-corrected chi connectivity index (χ3v) is 4.14. The first-order valence-electron chi connectivity index (χ1n) is 8.26. The monoisotopic (exact) mass is 341 g/mol. The molecular formula is C19H20FN3O2. The average molecular weight is 341 g/mol. The van der Waals surface area contributed by atoms with Gasteiger partial charge in [0.2, 0.25) is 5.91 Å². The van der Waals surface area contributed by atoms with Gasteiger partial charge in [0, 0.05) is 25.2 Å². The molecule has 0 spiro atoms. The second-order valence-corrected chi connectivity index (χ2v) is 6.02. The van der Waals surface area contributed by atoms with E-state index < -0.39 is 0 Å². The van der Waals surface area contributed by atoms with E-state index in [0.717, 1.165) is 12.0 Å². The topological polar surface area (TPSA) is 61.4 Å². The van der Waals surface area contributed by atoms with E-state index in [9.17, 15) is 14.0 Å². The van der Waals surface area contributed by atoms with Gasteiger partial charge in [0.15, 0.2) is 0 Å². The summed E-state index contributed by atoms with van der Waals surface area (Å²) in [7, 11) is 0. The second-order valence-electron chi connectivity index (χ2n) is 6.02. The van der Waals surface area contributed by atoms with Crippen LogP contribution in [0.25, 0.3) is 0 Å². The Bertz CT molecular complexity index is 734. The van der Waals surface area contributed by atoms with Crippen molar-refractivity contribution in [1.29, 1.82) is 0 Å². The van der Waals surface area contributed by atoms with E-state index in [1.54, 1.807) is 17.0 Å². The van der Waals surface area contributed by atoms with Crippen molar-refractivity contribution in [3.63, 3.8) is 0 Å². The van der Waals surface area contributed by atoms with Crippen molar-refractivity contribution in [2.24, 2.45) is 0 Å². The highest BCUT2D eigenvalue weighted by Crippen LogP contribution is 2.21. The van der Waals surface area contributed by atoms with Crippen LogP contribution in [0.5, 0.6) is 0 Å². The zero-order valence-corrected chi connectivity index (χ0v) is 13.7. The normalized spacial score (nSPS) is 16.8. The molecule has 0 aliphatic carbocycles. The fraction of sp³-hybridized carbons (Fsp3) is 0.263. The van der Waals surface area contributed by atoms with E-state index in [2.05, 4.69) is 10.6 Å². The molecule has 2 aromatic rings. The lowest BCUT2D eigenvalue weighted by Gasteiger charge is -2.17. The summed E-state index contributed by atoms with van der Waals surface area (Å²) in [5, 5.41) is 5.63. The predicted octanol–water partition coefficient (Wildman–Crippen LogP) is 2.47. The van der Waals surface area contributed by atoms with Crippen LogP contribution in [0.15, 0.2) is 54.6 Å². The molecule has 2 N–H and O–H groups in total. The Balaban J connectivity index is 1.46. The smallest absolute Gasteiger partial charge is 0.315 e. The number of amides is 3. The Kier molecular flexibility index (Phi) is 5.28. The van der Waals surface area contributed by atoms with Gasteiger partial charge >= 0.3 is 6.03 Å². The number of carbonyl (C=O) groups excluding carboxylic acids is 2. The van der Waals surface area contributed by atoms with Crippen molar-refractivity contribution in [2.75, 3.05) is 18.0 Å². The third kappa shape index (κ3) is 4.56. The minimum Gasteiger partial charge on any atom is -0.338 e. The highest BCUT2D eigenvalue weighted by molar-refractivity contribution is 5.96.